The number of nitrogens with zero attached hydrogens (tertiary/aromatic N) is 1. The van der Waals surface area contributed by atoms with E-state index >= 15 is 0 Å². The van der Waals surface area contributed by atoms with Gasteiger partial charge in [0.2, 0.25) is 0 Å². The summed E-state index contributed by atoms with van der Waals surface area (Å²) in [6, 6.07) is 8.44. The van der Waals surface area contributed by atoms with Gasteiger partial charge in [-0.05, 0) is 84.1 Å². The summed E-state index contributed by atoms with van der Waals surface area (Å²) in [5.41, 5.74) is -3.89. The van der Waals surface area contributed by atoms with Crippen molar-refractivity contribution in [1.82, 2.24) is 4.90 Å². The molecule has 49 heavy (non-hydrogen) atoms. The first-order chi connectivity index (χ1) is 22.8. The van der Waals surface area contributed by atoms with E-state index in [0.717, 1.165) is 17.0 Å². The highest BCUT2D eigenvalue weighted by Gasteiger charge is 2.44. The van der Waals surface area contributed by atoms with Crippen molar-refractivity contribution in [3.8, 4) is 0 Å². The van der Waals surface area contributed by atoms with Gasteiger partial charge < -0.3 is 14.6 Å². The number of methoxy groups -OCH3 is 1. The van der Waals surface area contributed by atoms with Crippen molar-refractivity contribution >= 4 is 17.6 Å². The van der Waals surface area contributed by atoms with Crippen molar-refractivity contribution in [1.29, 1.82) is 0 Å². The average Bonchev–Trinajstić information content (AvgIpc) is 3.31. The molecule has 1 aliphatic heterocycles. The Balaban J connectivity index is 1.56. The molecular formula is C34H26F9NO5. The van der Waals surface area contributed by atoms with Crippen LogP contribution in [0.2, 0.25) is 0 Å². The monoisotopic (exact) mass is 699 g/mol. The third kappa shape index (κ3) is 7.39. The van der Waals surface area contributed by atoms with Gasteiger partial charge >= 0.3 is 30.6 Å². The number of carboxylic acids is 1. The van der Waals surface area contributed by atoms with Crippen LogP contribution in [0.15, 0.2) is 78.6 Å². The number of cyclic esters (lactones) is 1. The topological polar surface area (TPSA) is 76.1 Å². The summed E-state index contributed by atoms with van der Waals surface area (Å²) in [7, 11) is 1.34. The van der Waals surface area contributed by atoms with Gasteiger partial charge in [-0.2, -0.15) is 39.5 Å². The quantitative estimate of drug-likeness (QED) is 0.249. The molecule has 1 N–H and O–H groups in total. The molecule has 0 bridgehead atoms. The lowest BCUT2D eigenvalue weighted by Gasteiger charge is -2.26. The standard InChI is InChI=1S/C34H26F9NO5/c1-17-29(21-11-24(33(38,39)40)15-25(12-21)34(41,42)43)49-31(47)44(17)16-22-13-23(32(35,36)37)7-8-26(22)27-14-19(6-9-28(27)48-2)18-4-3-5-20(10-18)30(45)46/h3-5,7-15,17,19,29H,6,16H2,1-2H3,(H,45,46)/t17-,19?,29-/m0/s1. The Labute approximate surface area is 273 Å². The zero-order valence-corrected chi connectivity index (χ0v) is 25.5. The minimum Gasteiger partial charge on any atom is -0.496 e. The van der Waals surface area contributed by atoms with Crippen LogP contribution in [0, 0.1) is 0 Å². The molecular weight excluding hydrogens is 673 g/mol. The fraction of sp³-hybridized carbons (Fsp3) is 0.294. The van der Waals surface area contributed by atoms with Crippen LogP contribution in [-0.4, -0.2) is 35.2 Å². The minimum absolute atomic E-state index is 0.0170. The van der Waals surface area contributed by atoms with Gasteiger partial charge in [-0.1, -0.05) is 24.3 Å². The Bertz CT molecular complexity index is 1810. The number of carbonyl (C=O) groups is 2. The second-order valence-electron chi connectivity index (χ2n) is 11.5. The smallest absolute Gasteiger partial charge is 0.416 e. The summed E-state index contributed by atoms with van der Waals surface area (Å²) in [5, 5.41) is 9.43. The molecule has 1 heterocycles. The molecule has 5 rings (SSSR count). The summed E-state index contributed by atoms with van der Waals surface area (Å²) >= 11 is 0. The Kier molecular flexibility index (Phi) is 9.25. The van der Waals surface area contributed by atoms with E-state index in [1.165, 1.54) is 32.2 Å². The summed E-state index contributed by atoms with van der Waals surface area (Å²) in [4.78, 5) is 25.6. The molecule has 0 radical (unpaired) electrons. The fourth-order valence-electron chi connectivity index (χ4n) is 5.90. The molecule has 2 aliphatic rings. The van der Waals surface area contributed by atoms with Crippen molar-refractivity contribution in [3.05, 3.63) is 123 Å². The van der Waals surface area contributed by atoms with E-state index in [9.17, 15) is 54.2 Å². The zero-order chi connectivity index (χ0) is 36.1. The largest absolute Gasteiger partial charge is 0.496 e. The third-order valence-electron chi connectivity index (χ3n) is 8.37. The van der Waals surface area contributed by atoms with Crippen LogP contribution in [0.4, 0.5) is 44.3 Å². The molecule has 3 aromatic carbocycles. The molecule has 3 aromatic rings. The highest BCUT2D eigenvalue weighted by molar-refractivity contribution is 5.88. The number of ether oxygens (including phenoxy) is 2. The van der Waals surface area contributed by atoms with Crippen LogP contribution < -0.4 is 0 Å². The van der Waals surface area contributed by atoms with Crippen LogP contribution in [0.3, 0.4) is 0 Å². The molecule has 1 saturated heterocycles. The maximum absolute atomic E-state index is 13.9. The summed E-state index contributed by atoms with van der Waals surface area (Å²) in [6.45, 7) is 0.719. The first-order valence-corrected chi connectivity index (χ1v) is 14.5. The van der Waals surface area contributed by atoms with E-state index < -0.39 is 77.5 Å². The number of hydrogen-bond acceptors (Lipinski definition) is 4. The number of hydrogen-bond donors (Lipinski definition) is 1. The molecule has 0 aromatic heterocycles. The lowest BCUT2D eigenvalue weighted by molar-refractivity contribution is -0.143. The highest BCUT2D eigenvalue weighted by atomic mass is 19.4. The van der Waals surface area contributed by atoms with Crippen LogP contribution >= 0.6 is 0 Å². The fourth-order valence-corrected chi connectivity index (χ4v) is 5.90. The highest BCUT2D eigenvalue weighted by Crippen LogP contribution is 2.43. The van der Waals surface area contributed by atoms with Crippen LogP contribution in [0.25, 0.3) is 5.57 Å². The SMILES string of the molecule is COC1=CCC(c2cccc(C(=O)O)c2)C=C1c1ccc(C(F)(F)F)cc1CN1C(=O)O[C@H](c2cc(C(F)(F)F)cc(C(F)(F)F)c2)[C@@H]1C. The van der Waals surface area contributed by atoms with Gasteiger partial charge in [0.05, 0.1) is 42.0 Å². The second-order valence-corrected chi connectivity index (χ2v) is 11.5. The predicted molar refractivity (Wildman–Crippen MR) is 156 cm³/mol. The van der Waals surface area contributed by atoms with Gasteiger partial charge in [-0.25, -0.2) is 9.59 Å². The van der Waals surface area contributed by atoms with E-state index in [1.807, 2.05) is 0 Å². The molecule has 0 spiro atoms. The Morgan fingerprint density at radius 3 is 2.08 bits per heavy atom. The van der Waals surface area contributed by atoms with Crippen molar-refractivity contribution in [2.45, 2.75) is 56.5 Å². The molecule has 3 atom stereocenters. The van der Waals surface area contributed by atoms with E-state index in [4.69, 9.17) is 9.47 Å². The molecule has 260 valence electrons. The van der Waals surface area contributed by atoms with Crippen molar-refractivity contribution < 1.29 is 63.7 Å². The predicted octanol–water partition coefficient (Wildman–Crippen LogP) is 9.62. The van der Waals surface area contributed by atoms with Gasteiger partial charge in [-0.15, -0.1) is 0 Å². The van der Waals surface area contributed by atoms with E-state index in [0.29, 0.717) is 29.7 Å². The zero-order valence-electron chi connectivity index (χ0n) is 25.5. The number of alkyl halides is 9. The summed E-state index contributed by atoms with van der Waals surface area (Å²) in [5.74, 6) is -1.33. The van der Waals surface area contributed by atoms with E-state index in [2.05, 4.69) is 0 Å². The molecule has 1 aliphatic carbocycles. The lowest BCUT2D eigenvalue weighted by Crippen LogP contribution is -2.32. The number of aromatic carboxylic acids is 1. The van der Waals surface area contributed by atoms with E-state index in [1.54, 1.807) is 24.3 Å². The normalized spacial score (nSPS) is 20.1. The van der Waals surface area contributed by atoms with Crippen molar-refractivity contribution in [3.63, 3.8) is 0 Å². The number of benzene rings is 3. The van der Waals surface area contributed by atoms with Crippen molar-refractivity contribution in [2.75, 3.05) is 7.11 Å². The Morgan fingerprint density at radius 2 is 1.51 bits per heavy atom. The summed E-state index contributed by atoms with van der Waals surface area (Å²) in [6.07, 6.45) is -14.2. The van der Waals surface area contributed by atoms with Crippen molar-refractivity contribution in [2.24, 2.45) is 0 Å². The molecule has 0 saturated carbocycles. The van der Waals surface area contributed by atoms with Gasteiger partial charge in [0, 0.05) is 11.5 Å². The third-order valence-corrected chi connectivity index (χ3v) is 8.37. The van der Waals surface area contributed by atoms with Gasteiger partial charge in [0.25, 0.3) is 0 Å². The number of carboxylic acid groups (broad SMARTS) is 1. The Hall–Kier alpha value is -4.95. The minimum atomic E-state index is -5.17. The number of carbonyl (C=O) groups excluding carboxylic acids is 1. The number of allylic oxidation sites excluding steroid dienone is 3. The molecule has 6 nitrogen and oxygen atoms in total. The molecule has 1 amide bonds. The second kappa shape index (κ2) is 12.8. The van der Waals surface area contributed by atoms with Gasteiger partial charge in [0.15, 0.2) is 0 Å². The van der Waals surface area contributed by atoms with Gasteiger partial charge in [0.1, 0.15) is 11.9 Å². The summed E-state index contributed by atoms with van der Waals surface area (Å²) < 4.78 is 134. The Morgan fingerprint density at radius 1 is 0.878 bits per heavy atom. The molecule has 15 heteroatoms. The van der Waals surface area contributed by atoms with E-state index in [-0.39, 0.29) is 28.5 Å². The van der Waals surface area contributed by atoms with Crippen LogP contribution in [-0.2, 0) is 34.5 Å². The maximum atomic E-state index is 13.9. The first kappa shape index (κ1) is 35.4. The van der Waals surface area contributed by atoms with Crippen LogP contribution in [0.1, 0.15) is 74.7 Å². The van der Waals surface area contributed by atoms with Gasteiger partial charge in [-0.3, -0.25) is 4.90 Å². The number of amides is 1. The number of rotatable bonds is 7. The maximum Gasteiger partial charge on any atom is 0.416 e. The van der Waals surface area contributed by atoms with Crippen LogP contribution in [0.5, 0.6) is 0 Å². The first-order valence-electron chi connectivity index (χ1n) is 14.5. The molecule has 1 unspecified atom stereocenters. The average molecular weight is 700 g/mol. The lowest BCUT2D eigenvalue weighted by atomic mass is 9.84. The number of halogens is 9. The molecule has 1 fully saturated rings.